The lowest BCUT2D eigenvalue weighted by Crippen LogP contribution is -2.42. The SMILES string of the molecule is CC(CC(=O)N(C)C)NC1CCC(Oc2ccccc2C#N)CC1. The monoisotopic (exact) mass is 329 g/mol. The molecule has 1 N–H and O–H groups in total. The van der Waals surface area contributed by atoms with E-state index in [0.717, 1.165) is 25.7 Å². The van der Waals surface area contributed by atoms with Crippen molar-refractivity contribution in [2.24, 2.45) is 0 Å². The van der Waals surface area contributed by atoms with Gasteiger partial charge in [0.05, 0.1) is 11.7 Å². The Morgan fingerprint density at radius 2 is 2.00 bits per heavy atom. The van der Waals surface area contributed by atoms with Gasteiger partial charge in [0.25, 0.3) is 0 Å². The summed E-state index contributed by atoms with van der Waals surface area (Å²) in [4.78, 5) is 13.4. The highest BCUT2D eigenvalue weighted by molar-refractivity contribution is 5.76. The minimum atomic E-state index is 0.153. The Morgan fingerprint density at radius 1 is 1.33 bits per heavy atom. The Morgan fingerprint density at radius 3 is 2.62 bits per heavy atom. The van der Waals surface area contributed by atoms with Crippen molar-refractivity contribution in [3.05, 3.63) is 29.8 Å². The summed E-state index contributed by atoms with van der Waals surface area (Å²) in [6.45, 7) is 2.06. The van der Waals surface area contributed by atoms with E-state index in [2.05, 4.69) is 18.3 Å². The third-order valence-corrected chi connectivity index (χ3v) is 4.48. The van der Waals surface area contributed by atoms with Gasteiger partial charge in [-0.05, 0) is 44.7 Å². The zero-order valence-corrected chi connectivity index (χ0v) is 14.8. The predicted octanol–water partition coefficient (Wildman–Crippen LogP) is 2.70. The highest BCUT2D eigenvalue weighted by Crippen LogP contribution is 2.26. The van der Waals surface area contributed by atoms with Crippen LogP contribution in [0.1, 0.15) is 44.6 Å². The van der Waals surface area contributed by atoms with Crippen molar-refractivity contribution in [3.8, 4) is 11.8 Å². The maximum Gasteiger partial charge on any atom is 0.223 e. The molecular weight excluding hydrogens is 302 g/mol. The number of nitrogens with one attached hydrogen (secondary N) is 1. The Bertz CT molecular complexity index is 587. The number of hydrogen-bond acceptors (Lipinski definition) is 4. The summed E-state index contributed by atoms with van der Waals surface area (Å²) in [5.74, 6) is 0.835. The van der Waals surface area contributed by atoms with Crippen LogP contribution in [0.3, 0.4) is 0 Å². The lowest BCUT2D eigenvalue weighted by atomic mass is 9.92. The Hall–Kier alpha value is -2.06. The van der Waals surface area contributed by atoms with Gasteiger partial charge < -0.3 is 15.0 Å². The van der Waals surface area contributed by atoms with E-state index in [-0.39, 0.29) is 18.1 Å². The van der Waals surface area contributed by atoms with Crippen LogP contribution in [-0.4, -0.2) is 43.1 Å². The standard InChI is InChI=1S/C19H27N3O2/c1-14(12-19(23)22(2)3)21-16-8-10-17(11-9-16)24-18-7-5-4-6-15(18)13-20/h4-7,14,16-17,21H,8-12H2,1-3H3. The fraction of sp³-hybridized carbons (Fsp3) is 0.579. The summed E-state index contributed by atoms with van der Waals surface area (Å²) in [6, 6.07) is 10.2. The molecule has 0 aliphatic heterocycles. The molecule has 1 aliphatic rings. The van der Waals surface area contributed by atoms with Crippen molar-refractivity contribution in [1.29, 1.82) is 5.26 Å². The van der Waals surface area contributed by atoms with Crippen LogP contribution in [0.15, 0.2) is 24.3 Å². The number of ether oxygens (including phenoxy) is 1. The number of hydrogen-bond donors (Lipinski definition) is 1. The molecule has 1 fully saturated rings. The molecule has 1 unspecified atom stereocenters. The van der Waals surface area contributed by atoms with Gasteiger partial charge in [0.2, 0.25) is 5.91 Å². The van der Waals surface area contributed by atoms with Crippen LogP contribution in [0, 0.1) is 11.3 Å². The van der Waals surface area contributed by atoms with E-state index in [1.165, 1.54) is 0 Å². The highest BCUT2D eigenvalue weighted by Gasteiger charge is 2.24. The third-order valence-electron chi connectivity index (χ3n) is 4.48. The van der Waals surface area contributed by atoms with E-state index >= 15 is 0 Å². The fourth-order valence-corrected chi connectivity index (χ4v) is 3.09. The molecule has 0 bridgehead atoms. The van der Waals surface area contributed by atoms with Gasteiger partial charge in [-0.2, -0.15) is 5.26 Å². The van der Waals surface area contributed by atoms with Crippen molar-refractivity contribution < 1.29 is 9.53 Å². The largest absolute Gasteiger partial charge is 0.489 e. The van der Waals surface area contributed by atoms with E-state index in [4.69, 9.17) is 10.00 Å². The zero-order valence-electron chi connectivity index (χ0n) is 14.8. The van der Waals surface area contributed by atoms with E-state index in [1.54, 1.807) is 25.1 Å². The molecular formula is C19H27N3O2. The first-order valence-electron chi connectivity index (χ1n) is 8.61. The van der Waals surface area contributed by atoms with Gasteiger partial charge in [-0.1, -0.05) is 12.1 Å². The summed E-state index contributed by atoms with van der Waals surface area (Å²) in [5, 5.41) is 12.7. The molecule has 1 aromatic carbocycles. The van der Waals surface area contributed by atoms with Gasteiger partial charge in [-0.3, -0.25) is 4.79 Å². The number of amides is 1. The number of para-hydroxylation sites is 1. The van der Waals surface area contributed by atoms with Crippen molar-refractivity contribution in [3.63, 3.8) is 0 Å². The summed E-state index contributed by atoms with van der Waals surface area (Å²) in [5.41, 5.74) is 0.591. The van der Waals surface area contributed by atoms with Gasteiger partial charge in [0.1, 0.15) is 11.8 Å². The number of carbonyl (C=O) groups is 1. The van der Waals surface area contributed by atoms with E-state index in [1.807, 2.05) is 18.2 Å². The van der Waals surface area contributed by atoms with E-state index in [9.17, 15) is 4.79 Å². The van der Waals surface area contributed by atoms with Crippen LogP contribution in [0.25, 0.3) is 0 Å². The zero-order chi connectivity index (χ0) is 17.5. The highest BCUT2D eigenvalue weighted by atomic mass is 16.5. The lowest BCUT2D eigenvalue weighted by Gasteiger charge is -2.31. The van der Waals surface area contributed by atoms with Crippen LogP contribution in [0.5, 0.6) is 5.75 Å². The van der Waals surface area contributed by atoms with Crippen LogP contribution >= 0.6 is 0 Å². The first kappa shape index (κ1) is 18.3. The van der Waals surface area contributed by atoms with Gasteiger partial charge >= 0.3 is 0 Å². The summed E-state index contributed by atoms with van der Waals surface area (Å²) >= 11 is 0. The second kappa shape index (κ2) is 8.70. The van der Waals surface area contributed by atoms with Crippen molar-refractivity contribution in [1.82, 2.24) is 10.2 Å². The molecule has 5 heteroatoms. The lowest BCUT2D eigenvalue weighted by molar-refractivity contribution is -0.129. The number of rotatable bonds is 6. The average Bonchev–Trinajstić information content (AvgIpc) is 2.57. The summed E-state index contributed by atoms with van der Waals surface area (Å²) in [6.07, 6.45) is 4.67. The molecule has 0 radical (unpaired) electrons. The molecule has 5 nitrogen and oxygen atoms in total. The predicted molar refractivity (Wildman–Crippen MR) is 93.7 cm³/mol. The van der Waals surface area contributed by atoms with Crippen LogP contribution < -0.4 is 10.1 Å². The Labute approximate surface area is 144 Å². The normalized spacial score (nSPS) is 21.6. The second-order valence-corrected chi connectivity index (χ2v) is 6.76. The van der Waals surface area contributed by atoms with Crippen molar-refractivity contribution in [2.75, 3.05) is 14.1 Å². The molecule has 2 rings (SSSR count). The number of nitrogens with zero attached hydrogens (tertiary/aromatic N) is 2. The minimum Gasteiger partial charge on any atom is -0.489 e. The van der Waals surface area contributed by atoms with Gasteiger partial charge in [-0.15, -0.1) is 0 Å². The number of carbonyl (C=O) groups excluding carboxylic acids is 1. The van der Waals surface area contributed by atoms with Gasteiger partial charge in [0.15, 0.2) is 0 Å². The van der Waals surface area contributed by atoms with Crippen LogP contribution in [0.2, 0.25) is 0 Å². The van der Waals surface area contributed by atoms with Crippen molar-refractivity contribution >= 4 is 5.91 Å². The average molecular weight is 329 g/mol. The third kappa shape index (κ3) is 5.24. The topological polar surface area (TPSA) is 65.4 Å². The van der Waals surface area contributed by atoms with Crippen LogP contribution in [0.4, 0.5) is 0 Å². The molecule has 1 amide bonds. The number of nitriles is 1. The molecule has 1 saturated carbocycles. The quantitative estimate of drug-likeness (QED) is 0.871. The fourth-order valence-electron chi connectivity index (χ4n) is 3.09. The number of benzene rings is 1. The van der Waals surface area contributed by atoms with Crippen LogP contribution in [-0.2, 0) is 4.79 Å². The molecule has 1 aliphatic carbocycles. The Kier molecular flexibility index (Phi) is 6.62. The molecule has 1 aromatic rings. The Balaban J connectivity index is 1.77. The smallest absolute Gasteiger partial charge is 0.223 e. The summed E-state index contributed by atoms with van der Waals surface area (Å²) in [7, 11) is 3.58. The summed E-state index contributed by atoms with van der Waals surface area (Å²) < 4.78 is 6.02. The first-order valence-corrected chi connectivity index (χ1v) is 8.61. The molecule has 24 heavy (non-hydrogen) atoms. The van der Waals surface area contributed by atoms with E-state index < -0.39 is 0 Å². The first-order chi connectivity index (χ1) is 11.5. The molecule has 0 aromatic heterocycles. The molecule has 0 saturated heterocycles. The molecule has 130 valence electrons. The molecule has 0 spiro atoms. The maximum absolute atomic E-state index is 11.8. The van der Waals surface area contributed by atoms with Crippen molar-refractivity contribution in [2.45, 2.75) is 57.2 Å². The van der Waals surface area contributed by atoms with Gasteiger partial charge in [0, 0.05) is 32.6 Å². The minimum absolute atomic E-state index is 0.153. The van der Waals surface area contributed by atoms with E-state index in [0.29, 0.717) is 23.8 Å². The maximum atomic E-state index is 11.8. The second-order valence-electron chi connectivity index (χ2n) is 6.76. The van der Waals surface area contributed by atoms with Gasteiger partial charge in [-0.25, -0.2) is 0 Å². The molecule has 0 heterocycles. The molecule has 1 atom stereocenters.